The Bertz CT molecular complexity index is 449. The zero-order valence-electron chi connectivity index (χ0n) is 9.84. The Morgan fingerprint density at radius 3 is 2.53 bits per heavy atom. The van der Waals surface area contributed by atoms with Gasteiger partial charge in [0.05, 0.1) is 4.92 Å². The summed E-state index contributed by atoms with van der Waals surface area (Å²) >= 11 is 0. The largest absolute Gasteiger partial charge is 0.389 e. The van der Waals surface area contributed by atoms with Crippen LogP contribution < -0.4 is 5.32 Å². The number of nitro benzene ring substituents is 1. The number of halogens is 4. The molecule has 8 heteroatoms. The van der Waals surface area contributed by atoms with Gasteiger partial charge in [-0.2, -0.15) is 13.2 Å². The van der Waals surface area contributed by atoms with E-state index >= 15 is 0 Å². The highest BCUT2D eigenvalue weighted by Crippen LogP contribution is 2.25. The number of hydrogen-bond acceptors (Lipinski definition) is 3. The molecule has 1 aromatic carbocycles. The maximum absolute atomic E-state index is 12.9. The van der Waals surface area contributed by atoms with Crippen LogP contribution in [0.5, 0.6) is 0 Å². The first-order valence-corrected chi connectivity index (χ1v) is 5.54. The van der Waals surface area contributed by atoms with Gasteiger partial charge >= 0.3 is 6.18 Å². The summed E-state index contributed by atoms with van der Waals surface area (Å²) in [6.45, 7) is 0.111. The van der Waals surface area contributed by atoms with Crippen LogP contribution in [-0.4, -0.2) is 17.6 Å². The van der Waals surface area contributed by atoms with Crippen molar-refractivity contribution in [1.82, 2.24) is 0 Å². The number of unbranched alkanes of at least 4 members (excludes halogenated alkanes) is 1. The van der Waals surface area contributed by atoms with Crippen LogP contribution >= 0.6 is 0 Å². The second-order valence-corrected chi connectivity index (χ2v) is 3.92. The van der Waals surface area contributed by atoms with Crippen molar-refractivity contribution in [2.75, 3.05) is 11.9 Å². The minimum atomic E-state index is -4.20. The van der Waals surface area contributed by atoms with Crippen molar-refractivity contribution in [3.63, 3.8) is 0 Å². The Hall–Kier alpha value is -1.86. The van der Waals surface area contributed by atoms with E-state index in [9.17, 15) is 27.7 Å². The van der Waals surface area contributed by atoms with E-state index in [2.05, 4.69) is 5.32 Å². The first kappa shape index (κ1) is 15.2. The Labute approximate surface area is 106 Å². The molecule has 0 fully saturated rings. The first-order chi connectivity index (χ1) is 8.79. The lowest BCUT2D eigenvalue weighted by Gasteiger charge is -2.08. The number of alkyl halides is 3. The van der Waals surface area contributed by atoms with Gasteiger partial charge in [0.1, 0.15) is 11.5 Å². The highest BCUT2D eigenvalue weighted by atomic mass is 19.4. The lowest BCUT2D eigenvalue weighted by Crippen LogP contribution is -2.09. The zero-order chi connectivity index (χ0) is 14.5. The Morgan fingerprint density at radius 1 is 1.26 bits per heavy atom. The Kier molecular flexibility index (Phi) is 5.08. The van der Waals surface area contributed by atoms with Gasteiger partial charge in [0.2, 0.25) is 0 Å². The van der Waals surface area contributed by atoms with Crippen molar-refractivity contribution in [3.05, 3.63) is 34.1 Å². The molecule has 0 bridgehead atoms. The molecule has 1 rings (SSSR count). The van der Waals surface area contributed by atoms with Crippen molar-refractivity contribution in [1.29, 1.82) is 0 Å². The van der Waals surface area contributed by atoms with Crippen molar-refractivity contribution < 1.29 is 22.5 Å². The van der Waals surface area contributed by atoms with E-state index in [1.54, 1.807) is 0 Å². The van der Waals surface area contributed by atoms with Crippen LogP contribution in [0, 0.1) is 15.9 Å². The topological polar surface area (TPSA) is 55.2 Å². The van der Waals surface area contributed by atoms with E-state index in [0.29, 0.717) is 0 Å². The fourth-order valence-corrected chi connectivity index (χ4v) is 1.48. The van der Waals surface area contributed by atoms with Gasteiger partial charge in [-0.25, -0.2) is 4.39 Å². The molecular formula is C11H12F4N2O2. The van der Waals surface area contributed by atoms with Crippen molar-refractivity contribution in [2.24, 2.45) is 0 Å². The lowest BCUT2D eigenvalue weighted by molar-refractivity contribution is -0.384. The molecule has 106 valence electrons. The first-order valence-electron chi connectivity index (χ1n) is 5.54. The predicted octanol–water partition coefficient (Wildman–Crippen LogP) is 3.88. The summed E-state index contributed by atoms with van der Waals surface area (Å²) in [6, 6.07) is 2.90. The van der Waals surface area contributed by atoms with Gasteiger partial charge in [-0.1, -0.05) is 0 Å². The molecule has 0 saturated heterocycles. The van der Waals surface area contributed by atoms with Gasteiger partial charge in [-0.05, 0) is 18.9 Å². The fraction of sp³-hybridized carbons (Fsp3) is 0.455. The summed E-state index contributed by atoms with van der Waals surface area (Å²) in [7, 11) is 0. The van der Waals surface area contributed by atoms with E-state index in [0.717, 1.165) is 18.2 Å². The minimum Gasteiger partial charge on any atom is -0.379 e. The molecule has 1 aromatic rings. The number of hydrogen-bond donors (Lipinski definition) is 1. The smallest absolute Gasteiger partial charge is 0.379 e. The molecule has 0 aliphatic heterocycles. The molecule has 0 aromatic heterocycles. The molecule has 0 aliphatic rings. The highest BCUT2D eigenvalue weighted by molar-refractivity contribution is 5.61. The van der Waals surface area contributed by atoms with Crippen LogP contribution in [0.15, 0.2) is 18.2 Å². The van der Waals surface area contributed by atoms with Gasteiger partial charge in [-0.3, -0.25) is 10.1 Å². The third kappa shape index (κ3) is 5.54. The SMILES string of the molecule is O=[N+]([O-])c1ccc(F)cc1NCCCCC(F)(F)F. The molecular weight excluding hydrogens is 268 g/mol. The second-order valence-electron chi connectivity index (χ2n) is 3.92. The van der Waals surface area contributed by atoms with Crippen LogP contribution in [0.4, 0.5) is 28.9 Å². The quantitative estimate of drug-likeness (QED) is 0.372. The molecule has 4 nitrogen and oxygen atoms in total. The highest BCUT2D eigenvalue weighted by Gasteiger charge is 2.25. The van der Waals surface area contributed by atoms with Crippen LogP contribution in [-0.2, 0) is 0 Å². The number of rotatable bonds is 6. The summed E-state index contributed by atoms with van der Waals surface area (Å²) in [5, 5.41) is 13.2. The van der Waals surface area contributed by atoms with E-state index in [1.165, 1.54) is 0 Å². The Balaban J connectivity index is 2.49. The molecule has 0 spiro atoms. The second kappa shape index (κ2) is 6.35. The van der Waals surface area contributed by atoms with Crippen molar-refractivity contribution in [3.8, 4) is 0 Å². The molecule has 0 atom stereocenters. The van der Waals surface area contributed by atoms with Crippen molar-refractivity contribution in [2.45, 2.75) is 25.4 Å². The summed E-state index contributed by atoms with van der Waals surface area (Å²) in [5.74, 6) is -0.650. The molecule has 1 N–H and O–H groups in total. The van der Waals surface area contributed by atoms with E-state index in [-0.39, 0.29) is 30.8 Å². The standard InChI is InChI=1S/C11H12F4N2O2/c12-8-3-4-10(17(18)19)9(7-8)16-6-2-1-5-11(13,14)15/h3-4,7,16H,1-2,5-6H2. The molecule has 0 unspecified atom stereocenters. The van der Waals surface area contributed by atoms with E-state index in [1.807, 2.05) is 0 Å². The molecule has 0 aliphatic carbocycles. The molecule has 19 heavy (non-hydrogen) atoms. The van der Waals surface area contributed by atoms with Crippen LogP contribution in [0.3, 0.4) is 0 Å². The fourth-order valence-electron chi connectivity index (χ4n) is 1.48. The average Bonchev–Trinajstić information content (AvgIpc) is 2.26. The summed E-state index contributed by atoms with van der Waals surface area (Å²) in [6.07, 6.45) is -5.00. The maximum Gasteiger partial charge on any atom is 0.389 e. The third-order valence-electron chi connectivity index (χ3n) is 2.36. The van der Waals surface area contributed by atoms with Gasteiger partial charge in [0.15, 0.2) is 0 Å². The Morgan fingerprint density at radius 2 is 1.95 bits per heavy atom. The summed E-state index contributed by atoms with van der Waals surface area (Å²) < 4.78 is 48.5. The van der Waals surface area contributed by atoms with Gasteiger partial charge in [0.25, 0.3) is 5.69 Å². The molecule has 0 radical (unpaired) electrons. The van der Waals surface area contributed by atoms with E-state index < -0.39 is 23.3 Å². The lowest BCUT2D eigenvalue weighted by atomic mass is 10.2. The van der Waals surface area contributed by atoms with Crippen LogP contribution in [0.2, 0.25) is 0 Å². The van der Waals surface area contributed by atoms with E-state index in [4.69, 9.17) is 0 Å². The molecule has 0 heterocycles. The number of nitro groups is 1. The van der Waals surface area contributed by atoms with Gasteiger partial charge in [0, 0.05) is 25.1 Å². The van der Waals surface area contributed by atoms with Gasteiger partial charge < -0.3 is 5.32 Å². The van der Waals surface area contributed by atoms with Crippen molar-refractivity contribution >= 4 is 11.4 Å². The molecule has 0 saturated carbocycles. The average molecular weight is 280 g/mol. The third-order valence-corrected chi connectivity index (χ3v) is 2.36. The van der Waals surface area contributed by atoms with Gasteiger partial charge in [-0.15, -0.1) is 0 Å². The zero-order valence-corrected chi connectivity index (χ0v) is 9.84. The van der Waals surface area contributed by atoms with Crippen LogP contribution in [0.25, 0.3) is 0 Å². The number of benzene rings is 1. The monoisotopic (exact) mass is 280 g/mol. The number of nitrogens with zero attached hydrogens (tertiary/aromatic N) is 1. The summed E-state index contributed by atoms with van der Waals surface area (Å²) in [4.78, 5) is 9.96. The van der Waals surface area contributed by atoms with Crippen LogP contribution in [0.1, 0.15) is 19.3 Å². The normalized spacial score (nSPS) is 11.4. The summed E-state index contributed by atoms with van der Waals surface area (Å²) in [5.41, 5.74) is -0.339. The maximum atomic E-state index is 12.9. The molecule has 0 amide bonds. The number of anilines is 1. The minimum absolute atomic E-state index is 0.0305. The number of nitrogens with one attached hydrogen (secondary N) is 1. The predicted molar refractivity (Wildman–Crippen MR) is 61.5 cm³/mol.